The molecule has 0 saturated carbocycles. The SMILES string of the molecule is N#Cc1ccccc1Oc1ccccc1C(=O)N1CC[C@H](O)C1. The van der Waals surface area contributed by atoms with E-state index in [4.69, 9.17) is 10.00 Å². The Morgan fingerprint density at radius 1 is 1.17 bits per heavy atom. The van der Waals surface area contributed by atoms with Crippen LogP contribution in [0.5, 0.6) is 11.5 Å². The minimum Gasteiger partial charge on any atom is -0.455 e. The summed E-state index contributed by atoms with van der Waals surface area (Å²) < 4.78 is 5.81. The van der Waals surface area contributed by atoms with Crippen LogP contribution < -0.4 is 4.74 Å². The van der Waals surface area contributed by atoms with Crippen molar-refractivity contribution in [1.82, 2.24) is 4.90 Å². The minimum absolute atomic E-state index is 0.174. The van der Waals surface area contributed by atoms with E-state index in [2.05, 4.69) is 6.07 Å². The molecular weight excluding hydrogens is 292 g/mol. The molecule has 23 heavy (non-hydrogen) atoms. The number of likely N-dealkylation sites (tertiary alicyclic amines) is 1. The summed E-state index contributed by atoms with van der Waals surface area (Å²) in [6, 6.07) is 15.9. The van der Waals surface area contributed by atoms with Gasteiger partial charge in [-0.3, -0.25) is 4.79 Å². The summed E-state index contributed by atoms with van der Waals surface area (Å²) in [4.78, 5) is 14.2. The summed E-state index contributed by atoms with van der Waals surface area (Å²) in [5.74, 6) is 0.643. The Labute approximate surface area is 134 Å². The van der Waals surface area contributed by atoms with Gasteiger partial charge in [0.25, 0.3) is 5.91 Å². The minimum atomic E-state index is -0.466. The Morgan fingerprint density at radius 3 is 2.57 bits per heavy atom. The van der Waals surface area contributed by atoms with Gasteiger partial charge in [0.1, 0.15) is 17.6 Å². The van der Waals surface area contributed by atoms with Gasteiger partial charge in [-0.2, -0.15) is 5.26 Å². The lowest BCUT2D eigenvalue weighted by molar-refractivity contribution is 0.0762. The number of β-amino-alcohol motifs (C(OH)–C–C–N with tert-alkyl or cyclic N) is 1. The maximum atomic E-state index is 12.6. The molecule has 1 atom stereocenters. The molecule has 116 valence electrons. The predicted molar refractivity (Wildman–Crippen MR) is 84.2 cm³/mol. The van der Waals surface area contributed by atoms with E-state index < -0.39 is 6.10 Å². The molecular formula is C18H16N2O3. The summed E-state index contributed by atoms with van der Waals surface area (Å²) in [7, 11) is 0. The molecule has 0 bridgehead atoms. The van der Waals surface area contributed by atoms with E-state index in [0.29, 0.717) is 42.1 Å². The molecule has 0 spiro atoms. The third-order valence-corrected chi connectivity index (χ3v) is 3.80. The molecule has 1 aliphatic heterocycles. The number of hydrogen-bond donors (Lipinski definition) is 1. The molecule has 5 nitrogen and oxygen atoms in total. The second-order valence-corrected chi connectivity index (χ2v) is 5.40. The van der Waals surface area contributed by atoms with Crippen LogP contribution in [-0.2, 0) is 0 Å². The number of benzene rings is 2. The second kappa shape index (κ2) is 6.51. The smallest absolute Gasteiger partial charge is 0.257 e. The second-order valence-electron chi connectivity index (χ2n) is 5.40. The Bertz CT molecular complexity index is 767. The fourth-order valence-corrected chi connectivity index (χ4v) is 2.60. The van der Waals surface area contributed by atoms with E-state index in [0.717, 1.165) is 0 Å². The van der Waals surface area contributed by atoms with E-state index in [1.165, 1.54) is 0 Å². The van der Waals surface area contributed by atoms with E-state index >= 15 is 0 Å². The average Bonchev–Trinajstić information content (AvgIpc) is 3.02. The first-order valence-electron chi connectivity index (χ1n) is 7.42. The topological polar surface area (TPSA) is 73.6 Å². The third kappa shape index (κ3) is 3.17. The number of rotatable bonds is 3. The first-order valence-corrected chi connectivity index (χ1v) is 7.42. The number of ether oxygens (including phenoxy) is 1. The van der Waals surface area contributed by atoms with Gasteiger partial charge < -0.3 is 14.7 Å². The van der Waals surface area contributed by atoms with Crippen molar-refractivity contribution in [2.45, 2.75) is 12.5 Å². The molecule has 0 unspecified atom stereocenters. The molecule has 1 aliphatic rings. The Hall–Kier alpha value is -2.84. The van der Waals surface area contributed by atoms with Crippen LogP contribution in [-0.4, -0.2) is 35.1 Å². The molecule has 2 aromatic carbocycles. The molecule has 1 saturated heterocycles. The zero-order valence-electron chi connectivity index (χ0n) is 12.5. The van der Waals surface area contributed by atoms with Gasteiger partial charge in [-0.15, -0.1) is 0 Å². The number of para-hydroxylation sites is 2. The highest BCUT2D eigenvalue weighted by molar-refractivity contribution is 5.97. The zero-order chi connectivity index (χ0) is 16.2. The van der Waals surface area contributed by atoms with Crippen molar-refractivity contribution < 1.29 is 14.6 Å². The van der Waals surface area contributed by atoms with Crippen LogP contribution in [0.2, 0.25) is 0 Å². The van der Waals surface area contributed by atoms with Crippen molar-refractivity contribution in [3.63, 3.8) is 0 Å². The summed E-state index contributed by atoms with van der Waals surface area (Å²) in [6.07, 6.45) is 0.123. The van der Waals surface area contributed by atoms with E-state index in [1.807, 2.05) is 0 Å². The first kappa shape index (κ1) is 15.1. The molecule has 0 aromatic heterocycles. The van der Waals surface area contributed by atoms with Gasteiger partial charge in [0.05, 0.1) is 17.2 Å². The lowest BCUT2D eigenvalue weighted by Crippen LogP contribution is -2.29. The number of carbonyl (C=O) groups excluding carboxylic acids is 1. The number of carbonyl (C=O) groups is 1. The van der Waals surface area contributed by atoms with Crippen LogP contribution in [0.1, 0.15) is 22.3 Å². The number of aliphatic hydroxyl groups excluding tert-OH is 1. The molecule has 0 radical (unpaired) electrons. The third-order valence-electron chi connectivity index (χ3n) is 3.80. The van der Waals surface area contributed by atoms with Gasteiger partial charge in [0.15, 0.2) is 0 Å². The van der Waals surface area contributed by atoms with Crippen molar-refractivity contribution in [2.75, 3.05) is 13.1 Å². The molecule has 1 heterocycles. The summed E-state index contributed by atoms with van der Waals surface area (Å²) in [5, 5.41) is 18.8. The van der Waals surface area contributed by atoms with E-state index in [9.17, 15) is 9.90 Å². The van der Waals surface area contributed by atoms with Gasteiger partial charge in [0.2, 0.25) is 0 Å². The Balaban J connectivity index is 1.89. The van der Waals surface area contributed by atoms with E-state index in [-0.39, 0.29) is 5.91 Å². The Morgan fingerprint density at radius 2 is 1.87 bits per heavy atom. The normalized spacial score (nSPS) is 16.9. The highest BCUT2D eigenvalue weighted by Gasteiger charge is 2.27. The standard InChI is InChI=1S/C18H16N2O3/c19-11-13-5-1-3-7-16(13)23-17-8-4-2-6-15(17)18(22)20-10-9-14(21)12-20/h1-8,14,21H,9-10,12H2/t14-/m0/s1. The molecule has 3 rings (SSSR count). The summed E-state index contributed by atoms with van der Waals surface area (Å²) >= 11 is 0. The van der Waals surface area contributed by atoms with Crippen LogP contribution in [0.4, 0.5) is 0 Å². The van der Waals surface area contributed by atoms with E-state index in [1.54, 1.807) is 53.4 Å². The molecule has 2 aromatic rings. The quantitative estimate of drug-likeness (QED) is 0.945. The highest BCUT2D eigenvalue weighted by atomic mass is 16.5. The maximum absolute atomic E-state index is 12.6. The number of hydrogen-bond acceptors (Lipinski definition) is 4. The van der Waals surface area contributed by atoms with Crippen molar-refractivity contribution in [2.24, 2.45) is 0 Å². The molecule has 0 aliphatic carbocycles. The van der Waals surface area contributed by atoms with Gasteiger partial charge >= 0.3 is 0 Å². The van der Waals surface area contributed by atoms with Crippen LogP contribution in [0.3, 0.4) is 0 Å². The molecule has 1 amide bonds. The largest absolute Gasteiger partial charge is 0.455 e. The van der Waals surface area contributed by atoms with Crippen LogP contribution in [0.15, 0.2) is 48.5 Å². The lowest BCUT2D eigenvalue weighted by atomic mass is 10.1. The first-order chi connectivity index (χ1) is 11.2. The van der Waals surface area contributed by atoms with Gasteiger partial charge in [-0.05, 0) is 30.7 Å². The summed E-state index contributed by atoms with van der Waals surface area (Å²) in [5.41, 5.74) is 0.834. The summed E-state index contributed by atoms with van der Waals surface area (Å²) in [6.45, 7) is 0.866. The molecule has 1 N–H and O–H groups in total. The fourth-order valence-electron chi connectivity index (χ4n) is 2.60. The van der Waals surface area contributed by atoms with Crippen molar-refractivity contribution >= 4 is 5.91 Å². The zero-order valence-corrected chi connectivity index (χ0v) is 12.5. The van der Waals surface area contributed by atoms with Crippen molar-refractivity contribution in [1.29, 1.82) is 5.26 Å². The Kier molecular flexibility index (Phi) is 4.26. The van der Waals surface area contributed by atoms with Crippen molar-refractivity contribution in [3.05, 3.63) is 59.7 Å². The van der Waals surface area contributed by atoms with Crippen LogP contribution >= 0.6 is 0 Å². The fraction of sp³-hybridized carbons (Fsp3) is 0.222. The average molecular weight is 308 g/mol. The lowest BCUT2D eigenvalue weighted by Gasteiger charge is -2.18. The number of aliphatic hydroxyl groups is 1. The number of amides is 1. The number of nitriles is 1. The van der Waals surface area contributed by atoms with Crippen molar-refractivity contribution in [3.8, 4) is 17.6 Å². The van der Waals surface area contributed by atoms with Crippen LogP contribution in [0.25, 0.3) is 0 Å². The monoisotopic (exact) mass is 308 g/mol. The van der Waals surface area contributed by atoms with Crippen LogP contribution in [0, 0.1) is 11.3 Å². The van der Waals surface area contributed by atoms with Gasteiger partial charge in [0, 0.05) is 13.1 Å². The van der Waals surface area contributed by atoms with Gasteiger partial charge in [-0.1, -0.05) is 24.3 Å². The number of nitrogens with zero attached hydrogens (tertiary/aromatic N) is 2. The molecule has 1 fully saturated rings. The maximum Gasteiger partial charge on any atom is 0.257 e. The van der Waals surface area contributed by atoms with Gasteiger partial charge in [-0.25, -0.2) is 0 Å². The molecule has 5 heteroatoms. The predicted octanol–water partition coefficient (Wildman–Crippen LogP) is 2.56. The highest BCUT2D eigenvalue weighted by Crippen LogP contribution is 2.29.